The number of rotatable bonds is 3. The summed E-state index contributed by atoms with van der Waals surface area (Å²) in [6, 6.07) is 5.55. The van der Waals surface area contributed by atoms with E-state index in [9.17, 15) is 4.79 Å². The Labute approximate surface area is 97.9 Å². The predicted molar refractivity (Wildman–Crippen MR) is 60.3 cm³/mol. The van der Waals surface area contributed by atoms with Gasteiger partial charge in [0.1, 0.15) is 0 Å². The Balaban J connectivity index is 2.66. The minimum absolute atomic E-state index is 0.0194. The summed E-state index contributed by atoms with van der Waals surface area (Å²) in [4.78, 5) is 10.7. The van der Waals surface area contributed by atoms with E-state index in [1.807, 2.05) is 18.2 Å². The van der Waals surface area contributed by atoms with Crippen molar-refractivity contribution in [3.05, 3.63) is 27.1 Å². The Bertz CT molecular complexity index is 344. The van der Waals surface area contributed by atoms with Crippen LogP contribution in [0, 0.1) is 0 Å². The number of nitrogens with one attached hydrogen (secondary N) is 2. The first-order valence-electron chi connectivity index (χ1n) is 3.75. The number of hydrogen-bond acceptors (Lipinski definition) is 3. The van der Waals surface area contributed by atoms with Gasteiger partial charge >= 0.3 is 0 Å². The molecule has 1 amide bonds. The van der Waals surface area contributed by atoms with Crippen LogP contribution >= 0.6 is 31.9 Å². The smallest absolute Gasteiger partial charge is 0.262 e. The van der Waals surface area contributed by atoms with Gasteiger partial charge in [-0.25, -0.2) is 5.48 Å². The number of anilines is 1. The fourth-order valence-electron chi connectivity index (χ4n) is 0.848. The first-order valence-corrected chi connectivity index (χ1v) is 5.34. The summed E-state index contributed by atoms with van der Waals surface area (Å²) in [5.41, 5.74) is 2.32. The van der Waals surface area contributed by atoms with Crippen LogP contribution in [0.25, 0.3) is 0 Å². The van der Waals surface area contributed by atoms with Crippen molar-refractivity contribution in [3.63, 3.8) is 0 Å². The van der Waals surface area contributed by atoms with Crippen LogP contribution in [-0.4, -0.2) is 17.7 Å². The molecular weight excluding hydrogens is 316 g/mol. The van der Waals surface area contributed by atoms with E-state index < -0.39 is 5.91 Å². The van der Waals surface area contributed by atoms with Gasteiger partial charge in [0.05, 0.1) is 6.54 Å². The van der Waals surface area contributed by atoms with Crippen molar-refractivity contribution < 1.29 is 10.0 Å². The Morgan fingerprint density at radius 3 is 2.79 bits per heavy atom. The van der Waals surface area contributed by atoms with Gasteiger partial charge in [0.25, 0.3) is 5.91 Å². The number of benzene rings is 1. The number of hydroxylamine groups is 1. The van der Waals surface area contributed by atoms with E-state index in [1.54, 1.807) is 5.48 Å². The van der Waals surface area contributed by atoms with Gasteiger partial charge in [0.2, 0.25) is 0 Å². The molecule has 0 radical (unpaired) electrons. The quantitative estimate of drug-likeness (QED) is 0.590. The van der Waals surface area contributed by atoms with Gasteiger partial charge < -0.3 is 5.32 Å². The van der Waals surface area contributed by atoms with Crippen LogP contribution in [0.1, 0.15) is 0 Å². The molecule has 0 saturated carbocycles. The lowest BCUT2D eigenvalue weighted by Crippen LogP contribution is -2.26. The SMILES string of the molecule is O=C(CNc1cc(Br)ccc1Br)NO. The van der Waals surface area contributed by atoms with Gasteiger partial charge in [-0.1, -0.05) is 15.9 Å². The predicted octanol–water partition coefficient (Wildman–Crippen LogP) is 2.13. The van der Waals surface area contributed by atoms with Crippen molar-refractivity contribution in [2.24, 2.45) is 0 Å². The topological polar surface area (TPSA) is 61.4 Å². The van der Waals surface area contributed by atoms with E-state index in [0.29, 0.717) is 0 Å². The van der Waals surface area contributed by atoms with E-state index in [1.165, 1.54) is 0 Å². The third-order valence-corrected chi connectivity index (χ3v) is 2.68. The zero-order chi connectivity index (χ0) is 10.6. The Morgan fingerprint density at radius 1 is 1.43 bits per heavy atom. The van der Waals surface area contributed by atoms with Crippen LogP contribution in [0.3, 0.4) is 0 Å². The Hall–Kier alpha value is -0.590. The second-order valence-electron chi connectivity index (χ2n) is 2.51. The normalized spacial score (nSPS) is 9.64. The maximum atomic E-state index is 10.7. The van der Waals surface area contributed by atoms with E-state index in [2.05, 4.69) is 37.2 Å². The van der Waals surface area contributed by atoms with Crippen LogP contribution < -0.4 is 10.8 Å². The maximum absolute atomic E-state index is 10.7. The lowest BCUT2D eigenvalue weighted by atomic mass is 10.3. The summed E-state index contributed by atoms with van der Waals surface area (Å²) in [6.45, 7) is 0.0194. The Morgan fingerprint density at radius 2 is 2.14 bits per heavy atom. The summed E-state index contributed by atoms with van der Waals surface area (Å²) in [5.74, 6) is -0.489. The number of amides is 1. The second-order valence-corrected chi connectivity index (χ2v) is 4.28. The molecule has 0 aliphatic carbocycles. The van der Waals surface area contributed by atoms with Crippen molar-refractivity contribution in [2.45, 2.75) is 0 Å². The van der Waals surface area contributed by atoms with Crippen molar-refractivity contribution in [2.75, 3.05) is 11.9 Å². The van der Waals surface area contributed by atoms with Crippen LogP contribution in [0.15, 0.2) is 27.1 Å². The average molecular weight is 324 g/mol. The molecule has 0 unspecified atom stereocenters. The Kier molecular flexibility index (Phi) is 4.37. The van der Waals surface area contributed by atoms with Crippen LogP contribution in [0.2, 0.25) is 0 Å². The molecule has 1 aromatic carbocycles. The van der Waals surface area contributed by atoms with Crippen molar-refractivity contribution >= 4 is 43.5 Å². The first-order chi connectivity index (χ1) is 6.63. The molecule has 1 rings (SSSR count). The highest BCUT2D eigenvalue weighted by Gasteiger charge is 2.02. The molecule has 0 bridgehead atoms. The highest BCUT2D eigenvalue weighted by Crippen LogP contribution is 2.25. The van der Waals surface area contributed by atoms with Crippen molar-refractivity contribution in [3.8, 4) is 0 Å². The zero-order valence-corrected chi connectivity index (χ0v) is 10.2. The zero-order valence-electron chi connectivity index (χ0n) is 7.05. The number of carbonyl (C=O) groups is 1. The molecule has 0 aliphatic heterocycles. The number of carbonyl (C=O) groups excluding carboxylic acids is 1. The summed E-state index contributed by atoms with van der Waals surface area (Å²) < 4.78 is 1.76. The van der Waals surface area contributed by atoms with Crippen LogP contribution in [-0.2, 0) is 4.79 Å². The van der Waals surface area contributed by atoms with Crippen molar-refractivity contribution in [1.82, 2.24) is 5.48 Å². The minimum Gasteiger partial charge on any atom is -0.375 e. The molecule has 0 aromatic heterocycles. The molecule has 6 heteroatoms. The van der Waals surface area contributed by atoms with Gasteiger partial charge in [-0.3, -0.25) is 10.0 Å². The molecule has 1 aromatic rings. The molecule has 0 saturated heterocycles. The summed E-state index contributed by atoms with van der Waals surface area (Å²) in [7, 11) is 0. The molecule has 0 atom stereocenters. The third-order valence-electron chi connectivity index (χ3n) is 1.49. The van der Waals surface area contributed by atoms with Crippen molar-refractivity contribution in [1.29, 1.82) is 0 Å². The van der Waals surface area contributed by atoms with Gasteiger partial charge in [-0.15, -0.1) is 0 Å². The largest absolute Gasteiger partial charge is 0.375 e. The van der Waals surface area contributed by atoms with E-state index >= 15 is 0 Å². The standard InChI is InChI=1S/C8H8Br2N2O2/c9-5-1-2-6(10)7(3-5)11-4-8(13)12-14/h1-3,11,14H,4H2,(H,12,13). The number of hydrogen-bond donors (Lipinski definition) is 3. The summed E-state index contributed by atoms with van der Waals surface area (Å²) in [5, 5.41) is 11.1. The summed E-state index contributed by atoms with van der Waals surface area (Å²) in [6.07, 6.45) is 0. The second kappa shape index (κ2) is 5.33. The molecule has 76 valence electrons. The molecule has 3 N–H and O–H groups in total. The minimum atomic E-state index is -0.489. The van der Waals surface area contributed by atoms with Gasteiger partial charge in [0, 0.05) is 14.6 Å². The lowest BCUT2D eigenvalue weighted by molar-refractivity contribution is -0.127. The van der Waals surface area contributed by atoms with E-state index in [0.717, 1.165) is 14.6 Å². The molecule has 0 heterocycles. The highest BCUT2D eigenvalue weighted by atomic mass is 79.9. The fraction of sp³-hybridized carbons (Fsp3) is 0.125. The molecule has 14 heavy (non-hydrogen) atoms. The lowest BCUT2D eigenvalue weighted by Gasteiger charge is -2.07. The molecule has 4 nitrogen and oxygen atoms in total. The molecule has 0 spiro atoms. The monoisotopic (exact) mass is 322 g/mol. The summed E-state index contributed by atoms with van der Waals surface area (Å²) >= 11 is 6.63. The van der Waals surface area contributed by atoms with Crippen LogP contribution in [0.5, 0.6) is 0 Å². The maximum Gasteiger partial charge on any atom is 0.262 e. The van der Waals surface area contributed by atoms with E-state index in [-0.39, 0.29) is 6.54 Å². The molecular formula is C8H8Br2N2O2. The fourth-order valence-corrected chi connectivity index (χ4v) is 1.60. The highest BCUT2D eigenvalue weighted by molar-refractivity contribution is 9.11. The van der Waals surface area contributed by atoms with Crippen LogP contribution in [0.4, 0.5) is 5.69 Å². The van der Waals surface area contributed by atoms with E-state index in [4.69, 9.17) is 5.21 Å². The van der Waals surface area contributed by atoms with Gasteiger partial charge in [0.15, 0.2) is 0 Å². The number of halogens is 2. The molecule has 0 aliphatic rings. The molecule has 0 fully saturated rings. The third kappa shape index (κ3) is 3.28. The van der Waals surface area contributed by atoms with Gasteiger partial charge in [-0.05, 0) is 34.1 Å². The van der Waals surface area contributed by atoms with Gasteiger partial charge in [-0.2, -0.15) is 0 Å². The average Bonchev–Trinajstić information content (AvgIpc) is 2.19. The first kappa shape index (κ1) is 11.5.